The topological polar surface area (TPSA) is 30.7 Å². The van der Waals surface area contributed by atoms with Crippen molar-refractivity contribution in [1.82, 2.24) is 14.5 Å². The summed E-state index contributed by atoms with van der Waals surface area (Å²) in [5.41, 5.74) is 12.9. The smallest absolute Gasteiger partial charge is 0.106 e. The predicted molar refractivity (Wildman–Crippen MR) is 243 cm³/mol. The lowest BCUT2D eigenvalue weighted by molar-refractivity contribution is 0.757. The molecule has 3 nitrogen and oxygen atoms in total. The molecule has 9 rings (SSSR count). The summed E-state index contributed by atoms with van der Waals surface area (Å²) in [5, 5.41) is 4.78. The van der Waals surface area contributed by atoms with Crippen LogP contribution in [0.5, 0.6) is 0 Å². The van der Waals surface area contributed by atoms with Gasteiger partial charge >= 0.3 is 0 Å². The van der Waals surface area contributed by atoms with E-state index in [1.807, 2.05) is 12.4 Å². The van der Waals surface area contributed by atoms with Crippen molar-refractivity contribution in [2.75, 3.05) is 0 Å². The summed E-state index contributed by atoms with van der Waals surface area (Å²) in [6.07, 6.45) is 3.72. The van der Waals surface area contributed by atoms with E-state index in [9.17, 15) is 0 Å². The maximum absolute atomic E-state index is 5.25. The van der Waals surface area contributed by atoms with Crippen LogP contribution in [0.25, 0.3) is 82.8 Å². The van der Waals surface area contributed by atoms with Crippen molar-refractivity contribution in [1.29, 1.82) is 0 Å². The van der Waals surface area contributed by atoms with Gasteiger partial charge in [-0.3, -0.25) is 9.55 Å². The molecule has 0 radical (unpaired) electrons. The number of para-hydroxylation sites is 2. The Morgan fingerprint density at radius 1 is 0.426 bits per heavy atom. The molecule has 2 heterocycles. The predicted octanol–water partition coefficient (Wildman–Crippen LogP) is 6.79. The van der Waals surface area contributed by atoms with E-state index in [-0.39, 0.29) is 10.3 Å². The highest BCUT2D eigenvalue weighted by Gasteiger charge is 2.38. The summed E-state index contributed by atoms with van der Waals surface area (Å²) in [6, 6.07) is 57.3. The highest BCUT2D eigenvalue weighted by molar-refractivity contribution is 6.67. The molecule has 0 saturated carbocycles. The Morgan fingerprint density at radius 3 is 1.44 bits per heavy atom. The van der Waals surface area contributed by atoms with Gasteiger partial charge in [-0.25, -0.2) is 4.98 Å². The van der Waals surface area contributed by atoms with Crippen LogP contribution in [-0.4, -0.2) is 53.8 Å². The van der Waals surface area contributed by atoms with E-state index in [0.29, 0.717) is 0 Å². The number of imidazole rings is 1. The minimum atomic E-state index is -0.184. The largest absolute Gasteiger partial charge is 0.297 e. The van der Waals surface area contributed by atoms with Gasteiger partial charge in [-0.05, 0) is 120 Å². The Morgan fingerprint density at radius 2 is 0.889 bits per heavy atom. The molecule has 0 saturated heterocycles. The normalized spacial score (nSPS) is 12.1. The van der Waals surface area contributed by atoms with E-state index in [2.05, 4.69) is 207 Å². The number of aromatic nitrogens is 3. The summed E-state index contributed by atoms with van der Waals surface area (Å²) in [6.45, 7) is 0. The zero-order chi connectivity index (χ0) is 37.0. The molecule has 0 spiro atoms. The molecule has 0 atom stereocenters. The third-order valence-corrected chi connectivity index (χ3v) is 11.7. The number of hydrogen-bond donors (Lipinski definition) is 0. The van der Waals surface area contributed by atoms with Crippen LogP contribution in [0.2, 0.25) is 5.11 Å². The molecule has 0 fully saturated rings. The summed E-state index contributed by atoms with van der Waals surface area (Å²) in [5.74, 6) is 1.08. The van der Waals surface area contributed by atoms with Crippen molar-refractivity contribution in [3.63, 3.8) is 0 Å². The molecular formula is C46H38B5N3. The van der Waals surface area contributed by atoms with E-state index in [1.54, 1.807) is 0 Å². The van der Waals surface area contributed by atoms with E-state index in [1.165, 1.54) is 60.5 Å². The van der Waals surface area contributed by atoms with Crippen molar-refractivity contribution in [3.8, 4) is 50.2 Å². The van der Waals surface area contributed by atoms with Gasteiger partial charge < -0.3 is 0 Å². The first-order chi connectivity index (χ1) is 26.2. The van der Waals surface area contributed by atoms with Crippen molar-refractivity contribution < 1.29 is 0 Å². The Bertz CT molecular complexity index is 2800. The van der Waals surface area contributed by atoms with Gasteiger partial charge in [-0.15, -0.1) is 5.11 Å². The summed E-state index contributed by atoms with van der Waals surface area (Å²) in [4.78, 5) is 9.49. The van der Waals surface area contributed by atoms with Gasteiger partial charge in [-0.1, -0.05) is 109 Å². The summed E-state index contributed by atoms with van der Waals surface area (Å²) < 4.78 is 2.37. The Labute approximate surface area is 321 Å². The lowest BCUT2D eigenvalue weighted by Crippen LogP contribution is -2.45. The fourth-order valence-electron chi connectivity index (χ4n) is 7.87. The minimum Gasteiger partial charge on any atom is -0.297 e. The maximum atomic E-state index is 5.25. The van der Waals surface area contributed by atoms with Crippen LogP contribution < -0.4 is 0 Å². The van der Waals surface area contributed by atoms with Crippen molar-refractivity contribution >= 4 is 71.8 Å². The average molecular weight is 687 g/mol. The number of rotatable bonds is 7. The third kappa shape index (κ3) is 5.69. The van der Waals surface area contributed by atoms with Crippen molar-refractivity contribution in [2.24, 2.45) is 0 Å². The zero-order valence-electron chi connectivity index (χ0n) is 31.5. The number of hydrogen-bond acceptors (Lipinski definition) is 2. The molecule has 54 heavy (non-hydrogen) atoms. The maximum Gasteiger partial charge on any atom is 0.106 e. The number of fused-ring (bicyclic) bond motifs is 3. The van der Waals surface area contributed by atoms with Gasteiger partial charge in [0, 0.05) is 18.1 Å². The van der Waals surface area contributed by atoms with Crippen LogP contribution >= 0.6 is 0 Å². The Balaban J connectivity index is 1.21. The van der Waals surface area contributed by atoms with Crippen molar-refractivity contribution in [3.05, 3.63) is 176 Å². The van der Waals surface area contributed by atoms with Crippen molar-refractivity contribution in [2.45, 2.75) is 10.3 Å². The highest BCUT2D eigenvalue weighted by Crippen LogP contribution is 2.45. The molecule has 0 amide bonds. The van der Waals surface area contributed by atoms with Gasteiger partial charge in [0.05, 0.1) is 34.6 Å². The number of benzene rings is 7. The molecule has 0 unspecified atom stereocenters. The molecule has 9 aromatic rings. The van der Waals surface area contributed by atoms with Gasteiger partial charge in [0.15, 0.2) is 0 Å². The summed E-state index contributed by atoms with van der Waals surface area (Å²) in [7, 11) is 11.5. The first-order valence-corrected chi connectivity index (χ1v) is 18.8. The molecular weight excluding hydrogens is 649 g/mol. The van der Waals surface area contributed by atoms with Crippen LogP contribution in [0.4, 0.5) is 0 Å². The first-order valence-electron chi connectivity index (χ1n) is 18.8. The fourth-order valence-corrected chi connectivity index (χ4v) is 7.87. The Hall–Kier alpha value is -6.00. The Kier molecular flexibility index (Phi) is 8.23. The monoisotopic (exact) mass is 687 g/mol. The van der Waals surface area contributed by atoms with Crippen LogP contribution in [0.3, 0.4) is 0 Å². The highest BCUT2D eigenvalue weighted by atomic mass is 15.1. The molecule has 7 aromatic carbocycles. The van der Waals surface area contributed by atoms with Crippen LogP contribution in [0.15, 0.2) is 170 Å². The molecule has 2 aromatic heterocycles. The first kappa shape index (κ1) is 33.8. The molecule has 0 aliphatic heterocycles. The molecule has 8 heteroatoms. The molecule has 0 bridgehead atoms. The van der Waals surface area contributed by atoms with Crippen LogP contribution in [-0.2, 0) is 5.21 Å². The molecule has 0 aliphatic carbocycles. The van der Waals surface area contributed by atoms with E-state index in [0.717, 1.165) is 28.1 Å². The van der Waals surface area contributed by atoms with Gasteiger partial charge in [0.1, 0.15) is 21.5 Å². The van der Waals surface area contributed by atoms with Crippen LogP contribution in [0, 0.1) is 0 Å². The van der Waals surface area contributed by atoms with E-state index in [4.69, 9.17) is 4.98 Å². The average Bonchev–Trinajstić information content (AvgIpc) is 3.61. The molecule has 0 N–H and O–H groups in total. The summed E-state index contributed by atoms with van der Waals surface area (Å²) >= 11 is 0. The standard InChI is InChI=1S/C46H38B5N3/c47-45(48,46(49,50)51)44-53-40-20-5-6-21-41(40)54(44)35-15-9-12-32(28-35)31-11-8-14-34(27-31)43-38-18-3-1-16-36(38)42(37-17-2-4-19-39(37)43)33-13-7-10-30(26-33)29-22-24-52-25-23-29/h1-28H,47-51H2. The zero-order valence-corrected chi connectivity index (χ0v) is 31.5. The number of nitrogens with zero attached hydrogens (tertiary/aromatic N) is 3. The van der Waals surface area contributed by atoms with E-state index >= 15 is 0 Å². The lowest BCUT2D eigenvalue weighted by atomic mass is 9.23. The minimum absolute atomic E-state index is 0.00156. The van der Waals surface area contributed by atoms with Gasteiger partial charge in [0.2, 0.25) is 0 Å². The lowest BCUT2D eigenvalue weighted by Gasteiger charge is -2.39. The SMILES string of the molecule is BC(B)(B)C(B)(B)c1nc2ccccc2n1-c1cccc(-c2cccc(-c3c4ccccc4c(-c4cccc(-c5ccncc5)c4)c4ccccc34)c2)c1. The van der Waals surface area contributed by atoms with Gasteiger partial charge in [-0.2, -0.15) is 0 Å². The number of pyridine rings is 1. The van der Waals surface area contributed by atoms with E-state index < -0.39 is 0 Å². The van der Waals surface area contributed by atoms with Crippen LogP contribution in [0.1, 0.15) is 5.82 Å². The van der Waals surface area contributed by atoms with Gasteiger partial charge in [0.25, 0.3) is 0 Å². The quantitative estimate of drug-likeness (QED) is 0.137. The second-order valence-electron chi connectivity index (χ2n) is 15.9. The fraction of sp³-hybridized carbons (Fsp3) is 0.0435. The second-order valence-corrected chi connectivity index (χ2v) is 15.9. The second kappa shape index (κ2) is 13.1. The molecule has 252 valence electrons. The molecule has 0 aliphatic rings. The third-order valence-electron chi connectivity index (χ3n) is 11.7.